The largest absolute Gasteiger partial charge is 0.504 e. The molecule has 0 spiro atoms. The molecule has 51 heavy (non-hydrogen) atoms. The molecule has 4 aromatic rings. The molecular weight excluding hydrogens is 697 g/mol. The van der Waals surface area contributed by atoms with Crippen LogP contribution >= 0.6 is 11.6 Å². The van der Waals surface area contributed by atoms with Crippen molar-refractivity contribution in [3.8, 4) is 5.75 Å². The fourth-order valence-corrected chi connectivity index (χ4v) is 7.11. The number of anilines is 2. The molecule has 1 amide bonds. The summed E-state index contributed by atoms with van der Waals surface area (Å²) in [6.45, 7) is 6.70. The highest BCUT2D eigenvalue weighted by atomic mass is 35.5. The molecule has 0 radical (unpaired) electrons. The zero-order valence-corrected chi connectivity index (χ0v) is 28.4. The molecule has 0 aliphatic carbocycles. The lowest BCUT2D eigenvalue weighted by Crippen LogP contribution is -2.55. The van der Waals surface area contributed by atoms with Crippen LogP contribution in [-0.4, -0.2) is 88.8 Å². The van der Waals surface area contributed by atoms with E-state index in [0.717, 1.165) is 23.8 Å². The Morgan fingerprint density at radius 3 is 2.67 bits per heavy atom. The standard InChI is InChI=1S/C32H32ClF3N10O5/c1-16-12-23(46(50)40-22-5-4-20(13-21(22)33)32(34,35)36)44-25(16)26(30(49)45-31(44)39-28(41-45)19-6-10-51-11-7-19)42-8-9-43(17(2)14-42)29(48)24-27(47)18(3)37-15-38-24/h4-6,13,15-17,23H,7-12,14H2,1-3H3,(H-,40,47,48,50)/p+1/t16-,17-,23+/m1/s1. The van der Waals surface area contributed by atoms with Gasteiger partial charge in [0.05, 0.1) is 40.1 Å². The Hall–Kier alpha value is -5.10. The van der Waals surface area contributed by atoms with Crippen LogP contribution in [0.2, 0.25) is 5.02 Å². The number of amides is 1. The molecule has 2 N–H and O–H groups in total. The summed E-state index contributed by atoms with van der Waals surface area (Å²) >= 11 is 6.18. The number of nitrogens with one attached hydrogen (secondary N) is 1. The lowest BCUT2D eigenvalue weighted by atomic mass is 10.0. The predicted molar refractivity (Wildman–Crippen MR) is 178 cm³/mol. The Kier molecular flexibility index (Phi) is 8.69. The van der Waals surface area contributed by atoms with E-state index in [1.807, 2.05) is 24.8 Å². The van der Waals surface area contributed by atoms with Gasteiger partial charge in [0.25, 0.3) is 11.5 Å². The van der Waals surface area contributed by atoms with Crippen molar-refractivity contribution in [2.24, 2.45) is 0 Å². The number of benzene rings is 1. The van der Waals surface area contributed by atoms with Gasteiger partial charge in [0.15, 0.2) is 17.3 Å². The average molecular weight is 730 g/mol. The zero-order chi connectivity index (χ0) is 36.4. The molecule has 6 heterocycles. The molecule has 1 fully saturated rings. The van der Waals surface area contributed by atoms with Crippen molar-refractivity contribution >= 4 is 40.2 Å². The summed E-state index contributed by atoms with van der Waals surface area (Å²) in [5.74, 6) is -0.707. The lowest BCUT2D eigenvalue weighted by molar-refractivity contribution is -0.580. The second-order valence-electron chi connectivity index (χ2n) is 12.8. The van der Waals surface area contributed by atoms with Crippen molar-refractivity contribution in [3.63, 3.8) is 0 Å². The summed E-state index contributed by atoms with van der Waals surface area (Å²) < 4.78 is 48.1. The summed E-state index contributed by atoms with van der Waals surface area (Å²) in [6.07, 6.45) is -1.87. The molecule has 19 heteroatoms. The smallest absolute Gasteiger partial charge is 0.416 e. The lowest BCUT2D eigenvalue weighted by Gasteiger charge is -2.41. The third-order valence-corrected chi connectivity index (χ3v) is 9.81. The van der Waals surface area contributed by atoms with E-state index in [0.29, 0.717) is 36.0 Å². The van der Waals surface area contributed by atoms with E-state index in [9.17, 15) is 32.8 Å². The van der Waals surface area contributed by atoms with Crippen LogP contribution in [0.4, 0.5) is 24.5 Å². The number of aryl methyl sites for hydroxylation is 1. The number of halogens is 4. The van der Waals surface area contributed by atoms with E-state index in [1.54, 1.807) is 16.4 Å². The zero-order valence-electron chi connectivity index (χ0n) is 27.7. The van der Waals surface area contributed by atoms with Gasteiger partial charge in [-0.05, 0) is 44.0 Å². The van der Waals surface area contributed by atoms with Gasteiger partial charge in [-0.2, -0.15) is 22.7 Å². The van der Waals surface area contributed by atoms with Crippen LogP contribution in [0, 0.1) is 11.8 Å². The molecule has 0 saturated carbocycles. The molecule has 1 saturated heterocycles. The van der Waals surface area contributed by atoms with Crippen LogP contribution in [0.5, 0.6) is 5.75 Å². The highest BCUT2D eigenvalue weighted by Crippen LogP contribution is 2.42. The van der Waals surface area contributed by atoms with Gasteiger partial charge in [0.1, 0.15) is 22.6 Å². The van der Waals surface area contributed by atoms with E-state index in [2.05, 4.69) is 20.5 Å². The number of nitrogens with zero attached hydrogens (tertiary/aromatic N) is 9. The minimum atomic E-state index is -4.62. The molecule has 3 aliphatic heterocycles. The normalized spacial score (nSPS) is 20.8. The number of hydrogen-bond acceptors (Lipinski definition) is 10. The van der Waals surface area contributed by atoms with Crippen LogP contribution in [0.3, 0.4) is 0 Å². The molecule has 3 atom stereocenters. The average Bonchev–Trinajstić information content (AvgIpc) is 3.69. The maximum absolute atomic E-state index is 14.4. The number of carbonyl (C=O) groups is 1. The number of carbonyl (C=O) groups excluding carboxylic acids is 1. The van der Waals surface area contributed by atoms with E-state index in [-0.39, 0.29) is 71.3 Å². The van der Waals surface area contributed by atoms with Crippen molar-refractivity contribution in [2.45, 2.75) is 57.9 Å². The van der Waals surface area contributed by atoms with Gasteiger partial charge in [0.2, 0.25) is 5.78 Å². The van der Waals surface area contributed by atoms with Crippen LogP contribution in [-0.2, 0) is 10.9 Å². The molecule has 3 aliphatic rings. The van der Waals surface area contributed by atoms with Crippen molar-refractivity contribution in [2.75, 3.05) is 43.2 Å². The molecule has 15 nitrogen and oxygen atoms in total. The number of aromatic nitrogens is 6. The number of rotatable bonds is 6. The van der Waals surface area contributed by atoms with Crippen LogP contribution in [0.25, 0.3) is 11.4 Å². The third kappa shape index (κ3) is 6.05. The van der Waals surface area contributed by atoms with Crippen molar-refractivity contribution in [1.29, 1.82) is 0 Å². The second kappa shape index (κ2) is 12.9. The van der Waals surface area contributed by atoms with Gasteiger partial charge in [-0.1, -0.05) is 24.6 Å². The molecule has 0 unspecified atom stereocenters. The number of aromatic hydroxyl groups is 1. The van der Waals surface area contributed by atoms with Gasteiger partial charge in [-0.15, -0.1) is 10.5 Å². The number of ether oxygens (including phenoxy) is 1. The first-order valence-corrected chi connectivity index (χ1v) is 16.6. The Morgan fingerprint density at radius 2 is 1.98 bits per heavy atom. The minimum absolute atomic E-state index is 0.0351. The van der Waals surface area contributed by atoms with Gasteiger partial charge in [-0.25, -0.2) is 14.5 Å². The fraction of sp³-hybridized carbons (Fsp3) is 0.438. The monoisotopic (exact) mass is 729 g/mol. The first-order valence-electron chi connectivity index (χ1n) is 16.2. The van der Waals surface area contributed by atoms with Crippen LogP contribution in [0.1, 0.15) is 72.0 Å². The molecule has 268 valence electrons. The van der Waals surface area contributed by atoms with Gasteiger partial charge in [0, 0.05) is 38.0 Å². The highest BCUT2D eigenvalue weighted by molar-refractivity contribution is 6.33. The Balaban J connectivity index is 1.28. The SMILES string of the molecule is Cc1ncnc(C(=O)N2CCN(c3c4n(c5nc(C6=CCOCC6)nn5c3=O)[C@@H]([N+](=O)Nc3ccc(C(F)(F)F)cc3Cl)C[C@H]4C)C[C@H]2C)c1O. The maximum atomic E-state index is 14.4. The van der Waals surface area contributed by atoms with Gasteiger partial charge >= 0.3 is 12.3 Å². The van der Waals surface area contributed by atoms with E-state index >= 15 is 0 Å². The topological polar surface area (TPSA) is 163 Å². The molecule has 3 aromatic heterocycles. The molecule has 1 aromatic carbocycles. The number of alkyl halides is 3. The van der Waals surface area contributed by atoms with Gasteiger partial charge in [-0.3, -0.25) is 9.59 Å². The van der Waals surface area contributed by atoms with Crippen molar-refractivity contribution in [1.82, 2.24) is 34.0 Å². The number of nitroso groups, excluding NO2 is 1. The number of piperazine rings is 1. The van der Waals surface area contributed by atoms with Crippen molar-refractivity contribution in [3.05, 3.63) is 79.4 Å². The summed E-state index contributed by atoms with van der Waals surface area (Å²) in [5, 5.41) is 14.7. The Labute approximate surface area is 292 Å². The highest BCUT2D eigenvalue weighted by Gasteiger charge is 2.46. The Morgan fingerprint density at radius 1 is 1.20 bits per heavy atom. The van der Waals surface area contributed by atoms with Crippen molar-refractivity contribution < 1.29 is 32.7 Å². The number of hydrazine groups is 1. The fourth-order valence-electron chi connectivity index (χ4n) is 6.89. The summed E-state index contributed by atoms with van der Waals surface area (Å²) in [4.78, 5) is 58.3. The van der Waals surface area contributed by atoms with Gasteiger partial charge < -0.3 is 19.6 Å². The minimum Gasteiger partial charge on any atom is -0.504 e. The molecule has 7 rings (SSSR count). The maximum Gasteiger partial charge on any atom is 0.416 e. The first kappa shape index (κ1) is 34.4. The van der Waals surface area contributed by atoms with E-state index in [1.165, 1.54) is 10.8 Å². The third-order valence-electron chi connectivity index (χ3n) is 9.49. The van der Waals surface area contributed by atoms with E-state index < -0.39 is 35.4 Å². The predicted octanol–water partition coefficient (Wildman–Crippen LogP) is 4.33. The summed E-state index contributed by atoms with van der Waals surface area (Å²) in [6, 6.07) is 2.22. The number of hydrogen-bond donors (Lipinski definition) is 2. The number of fused-ring (bicyclic) bond motifs is 3. The van der Waals surface area contributed by atoms with Crippen LogP contribution < -0.4 is 15.9 Å². The second-order valence-corrected chi connectivity index (χ2v) is 13.2. The first-order chi connectivity index (χ1) is 24.2. The summed E-state index contributed by atoms with van der Waals surface area (Å²) in [7, 11) is 0. The summed E-state index contributed by atoms with van der Waals surface area (Å²) in [5.41, 5.74) is 2.89. The van der Waals surface area contributed by atoms with E-state index in [4.69, 9.17) is 21.3 Å². The molecule has 0 bridgehead atoms. The molecular formula is C32H33ClF3N10O5+. The Bertz CT molecular complexity index is 2170. The van der Waals surface area contributed by atoms with Crippen LogP contribution in [0.15, 0.2) is 35.4 Å². The quantitative estimate of drug-likeness (QED) is 0.215.